The minimum atomic E-state index is 0.0142. The lowest BCUT2D eigenvalue weighted by Crippen LogP contribution is -1.97. The lowest BCUT2D eigenvalue weighted by Gasteiger charge is -2.04. The highest BCUT2D eigenvalue weighted by molar-refractivity contribution is 7.18. The molecule has 3 aromatic heterocycles. The molecule has 0 saturated carbocycles. The van der Waals surface area contributed by atoms with E-state index in [2.05, 4.69) is 8.75 Å². The maximum atomic E-state index is 12.9. The Kier molecular flexibility index (Phi) is 5.66. The fourth-order valence-electron chi connectivity index (χ4n) is 3.94. The van der Waals surface area contributed by atoms with Crippen molar-refractivity contribution in [1.82, 2.24) is 8.75 Å². The van der Waals surface area contributed by atoms with E-state index >= 15 is 0 Å². The summed E-state index contributed by atoms with van der Waals surface area (Å²) in [6, 6.07) is 30.3. The van der Waals surface area contributed by atoms with Crippen LogP contribution in [0.4, 0.5) is 0 Å². The first-order valence-corrected chi connectivity index (χ1v) is 13.2. The molecule has 0 radical (unpaired) electrons. The van der Waals surface area contributed by atoms with Gasteiger partial charge in [0.15, 0.2) is 0 Å². The van der Waals surface area contributed by atoms with Gasteiger partial charge in [-0.15, -0.1) is 22.7 Å². The Balaban J connectivity index is 1.34. The van der Waals surface area contributed by atoms with Crippen LogP contribution in [0, 0.1) is 0 Å². The number of ketones is 2. The smallest absolute Gasteiger partial charge is 0.202 e. The van der Waals surface area contributed by atoms with Gasteiger partial charge in [0, 0.05) is 32.0 Å². The Bertz CT molecular complexity index is 1560. The van der Waals surface area contributed by atoms with Gasteiger partial charge < -0.3 is 0 Å². The Labute approximate surface area is 213 Å². The molecule has 0 amide bonds. The van der Waals surface area contributed by atoms with E-state index in [1.807, 2.05) is 97.1 Å². The number of hydrogen-bond donors (Lipinski definition) is 0. The first-order valence-electron chi connectivity index (χ1n) is 10.8. The zero-order valence-electron chi connectivity index (χ0n) is 18.2. The quantitative estimate of drug-likeness (QED) is 0.217. The molecule has 0 aliphatic rings. The topological polar surface area (TPSA) is 59.9 Å². The highest BCUT2D eigenvalue weighted by Gasteiger charge is 2.19. The summed E-state index contributed by atoms with van der Waals surface area (Å²) < 4.78 is 9.15. The molecule has 0 aliphatic carbocycles. The van der Waals surface area contributed by atoms with Crippen LogP contribution in [0.2, 0.25) is 0 Å². The molecule has 35 heavy (non-hydrogen) atoms. The van der Waals surface area contributed by atoms with E-state index in [9.17, 15) is 9.59 Å². The fourth-order valence-corrected chi connectivity index (χ4v) is 6.50. The van der Waals surface area contributed by atoms with Crippen LogP contribution in [0.5, 0.6) is 0 Å². The highest BCUT2D eigenvalue weighted by atomic mass is 32.1. The average Bonchev–Trinajstić information content (AvgIpc) is 3.69. The van der Waals surface area contributed by atoms with Crippen molar-refractivity contribution in [1.29, 1.82) is 0 Å². The predicted octanol–water partition coefficient (Wildman–Crippen LogP) is 7.61. The Morgan fingerprint density at radius 2 is 0.943 bits per heavy atom. The van der Waals surface area contributed by atoms with E-state index < -0.39 is 0 Å². The van der Waals surface area contributed by atoms with Crippen LogP contribution in [0.3, 0.4) is 0 Å². The molecule has 0 bridgehead atoms. The van der Waals surface area contributed by atoms with Crippen molar-refractivity contribution in [2.45, 2.75) is 0 Å². The van der Waals surface area contributed by atoms with Gasteiger partial charge in [-0.05, 0) is 24.3 Å². The molecule has 0 saturated heterocycles. The minimum Gasteiger partial charge on any atom is -0.288 e. The van der Waals surface area contributed by atoms with Gasteiger partial charge in [0.2, 0.25) is 11.6 Å². The normalized spacial score (nSPS) is 11.1. The summed E-state index contributed by atoms with van der Waals surface area (Å²) in [5.74, 6) is 0.0284. The molecule has 3 heterocycles. The average molecular weight is 509 g/mol. The molecule has 6 aromatic rings. The Morgan fingerprint density at radius 3 is 1.37 bits per heavy atom. The van der Waals surface area contributed by atoms with Crippen LogP contribution in [-0.2, 0) is 0 Å². The van der Waals surface area contributed by atoms with Gasteiger partial charge in [-0.1, -0.05) is 72.8 Å². The van der Waals surface area contributed by atoms with Crippen LogP contribution < -0.4 is 0 Å². The second kappa shape index (κ2) is 9.11. The number of hydrogen-bond acceptors (Lipinski definition) is 7. The molecule has 0 spiro atoms. The van der Waals surface area contributed by atoms with E-state index in [1.54, 1.807) is 0 Å². The SMILES string of the molecule is O=C(c1ccccc1)c1ccc(-c2ccc(-c3ccc(C(=O)c4ccccc4)s3)c3nsnc23)s1. The van der Waals surface area contributed by atoms with E-state index in [-0.39, 0.29) is 11.6 Å². The maximum Gasteiger partial charge on any atom is 0.202 e. The molecule has 168 valence electrons. The van der Waals surface area contributed by atoms with Crippen molar-refractivity contribution >= 4 is 57.0 Å². The first-order chi connectivity index (χ1) is 17.2. The third kappa shape index (κ3) is 4.04. The number of carbonyl (C=O) groups excluding carboxylic acids is 2. The monoisotopic (exact) mass is 508 g/mol. The molecule has 7 heteroatoms. The van der Waals surface area contributed by atoms with Crippen LogP contribution in [0.1, 0.15) is 30.5 Å². The van der Waals surface area contributed by atoms with Crippen molar-refractivity contribution in [3.63, 3.8) is 0 Å². The summed E-state index contributed by atoms with van der Waals surface area (Å²) in [6.45, 7) is 0. The summed E-state index contributed by atoms with van der Waals surface area (Å²) in [7, 11) is 0. The van der Waals surface area contributed by atoms with Gasteiger partial charge in [0.05, 0.1) is 21.5 Å². The standard InChI is InChI=1S/C28H16N2O2S3/c31-27(17-7-3-1-4-8-17)23-15-13-21(33-23)19-11-12-20(26-25(19)29-35-30-26)22-14-16-24(34-22)28(32)18-9-5-2-6-10-18/h1-16H. The van der Waals surface area contributed by atoms with Crippen molar-refractivity contribution in [3.8, 4) is 20.9 Å². The zero-order chi connectivity index (χ0) is 23.8. The second-order valence-corrected chi connectivity index (χ2v) is 10.5. The number of aromatic nitrogens is 2. The number of thiophene rings is 2. The fraction of sp³-hybridized carbons (Fsp3) is 0. The summed E-state index contributed by atoms with van der Waals surface area (Å²) in [5, 5.41) is 0. The van der Waals surface area contributed by atoms with Crippen LogP contribution in [0.15, 0.2) is 97.1 Å². The maximum absolute atomic E-state index is 12.9. The van der Waals surface area contributed by atoms with Gasteiger partial charge in [-0.2, -0.15) is 8.75 Å². The van der Waals surface area contributed by atoms with Gasteiger partial charge in [0.1, 0.15) is 11.0 Å². The Hall–Kier alpha value is -3.78. The van der Waals surface area contributed by atoms with Crippen molar-refractivity contribution in [2.75, 3.05) is 0 Å². The van der Waals surface area contributed by atoms with Crippen molar-refractivity contribution < 1.29 is 9.59 Å². The molecular formula is C28H16N2O2S3. The third-order valence-electron chi connectivity index (χ3n) is 5.68. The van der Waals surface area contributed by atoms with Gasteiger partial charge in [-0.3, -0.25) is 9.59 Å². The molecular weight excluding hydrogens is 493 g/mol. The van der Waals surface area contributed by atoms with Gasteiger partial charge in [-0.25, -0.2) is 0 Å². The minimum absolute atomic E-state index is 0.0142. The second-order valence-electron chi connectivity index (χ2n) is 7.84. The molecule has 3 aromatic carbocycles. The summed E-state index contributed by atoms with van der Waals surface area (Å²) in [4.78, 5) is 29.0. The Morgan fingerprint density at radius 1 is 0.514 bits per heavy atom. The van der Waals surface area contributed by atoms with Gasteiger partial charge in [0.25, 0.3) is 0 Å². The molecule has 0 fully saturated rings. The molecule has 0 aliphatic heterocycles. The largest absolute Gasteiger partial charge is 0.288 e. The molecule has 4 nitrogen and oxygen atoms in total. The molecule has 6 rings (SSSR count). The lowest BCUT2D eigenvalue weighted by atomic mass is 10.1. The highest BCUT2D eigenvalue weighted by Crippen LogP contribution is 2.39. The zero-order valence-corrected chi connectivity index (χ0v) is 20.6. The van der Waals surface area contributed by atoms with E-state index in [0.717, 1.165) is 31.9 Å². The summed E-state index contributed by atoms with van der Waals surface area (Å²) >= 11 is 4.09. The molecule has 0 unspecified atom stereocenters. The van der Waals surface area contributed by atoms with Crippen LogP contribution >= 0.6 is 34.4 Å². The van der Waals surface area contributed by atoms with Crippen molar-refractivity contribution in [3.05, 3.63) is 118 Å². The van der Waals surface area contributed by atoms with Crippen molar-refractivity contribution in [2.24, 2.45) is 0 Å². The summed E-state index contributed by atoms with van der Waals surface area (Å²) in [6.07, 6.45) is 0. The molecule has 0 atom stereocenters. The number of rotatable bonds is 6. The number of carbonyl (C=O) groups is 2. The van der Waals surface area contributed by atoms with E-state index in [4.69, 9.17) is 0 Å². The number of nitrogens with zero attached hydrogens (tertiary/aromatic N) is 2. The molecule has 0 N–H and O–H groups in total. The summed E-state index contributed by atoms with van der Waals surface area (Å²) in [5.41, 5.74) is 4.86. The van der Waals surface area contributed by atoms with Crippen LogP contribution in [-0.4, -0.2) is 20.3 Å². The van der Waals surface area contributed by atoms with Crippen LogP contribution in [0.25, 0.3) is 31.9 Å². The van der Waals surface area contributed by atoms with E-state index in [0.29, 0.717) is 20.9 Å². The number of fused-ring (bicyclic) bond motifs is 1. The first kappa shape index (κ1) is 21.7. The van der Waals surface area contributed by atoms with E-state index in [1.165, 1.54) is 34.4 Å². The predicted molar refractivity (Wildman–Crippen MR) is 144 cm³/mol. The third-order valence-corrected chi connectivity index (χ3v) is 8.44. The van der Waals surface area contributed by atoms with Gasteiger partial charge >= 0.3 is 0 Å². The lowest BCUT2D eigenvalue weighted by molar-refractivity contribution is 0.103. The number of benzene rings is 3.